The molecule has 3 aromatic rings. The van der Waals surface area contributed by atoms with E-state index in [1.54, 1.807) is 0 Å². The van der Waals surface area contributed by atoms with Crippen molar-refractivity contribution in [1.29, 1.82) is 0 Å². The van der Waals surface area contributed by atoms with Gasteiger partial charge in [-0.25, -0.2) is 12.8 Å². The molecule has 1 aliphatic rings. The number of piperidine rings is 1. The van der Waals surface area contributed by atoms with Crippen LogP contribution in [0.1, 0.15) is 24.0 Å². The van der Waals surface area contributed by atoms with Gasteiger partial charge in [0.15, 0.2) is 6.61 Å². The maximum atomic E-state index is 13.6. The van der Waals surface area contributed by atoms with Crippen LogP contribution in [0.15, 0.2) is 47.4 Å². The molecule has 0 saturated carbocycles. The molecule has 0 amide bonds. The average Bonchev–Trinajstić information content (AvgIpc) is 2.91. The van der Waals surface area contributed by atoms with Gasteiger partial charge in [0.25, 0.3) is 0 Å². The number of hydrogen-bond acceptors (Lipinski definition) is 8. The Labute approximate surface area is 242 Å². The van der Waals surface area contributed by atoms with Crippen LogP contribution in [0.4, 0.5) is 61.5 Å². The van der Waals surface area contributed by atoms with Crippen LogP contribution in [0.2, 0.25) is 0 Å². The molecule has 0 radical (unpaired) electrons. The third-order valence-electron chi connectivity index (χ3n) is 6.09. The number of ether oxygens (including phenoxy) is 1. The molecule has 0 spiro atoms. The Morgan fingerprint density at radius 1 is 0.864 bits per heavy atom. The van der Waals surface area contributed by atoms with Crippen molar-refractivity contribution in [3.63, 3.8) is 0 Å². The zero-order valence-electron chi connectivity index (χ0n) is 21.9. The number of sulfonamides is 1. The number of nitrogens with zero attached hydrogens (tertiary/aromatic N) is 4. The molecule has 0 unspecified atom stereocenters. The normalized spacial score (nSPS) is 15.7. The number of hydrogen-bond donors (Lipinski definition) is 2. The van der Waals surface area contributed by atoms with E-state index in [0.29, 0.717) is 18.2 Å². The molecule has 0 aliphatic carbocycles. The molecule has 0 atom stereocenters. The highest BCUT2D eigenvalue weighted by molar-refractivity contribution is 7.89. The van der Waals surface area contributed by atoms with Gasteiger partial charge in [0, 0.05) is 24.8 Å². The molecule has 2 heterocycles. The highest BCUT2D eigenvalue weighted by Crippen LogP contribution is 2.34. The first-order valence-corrected chi connectivity index (χ1v) is 13.8. The Morgan fingerprint density at radius 3 is 2.14 bits per heavy atom. The maximum absolute atomic E-state index is 13.6. The van der Waals surface area contributed by atoms with Crippen LogP contribution >= 0.6 is 0 Å². The second kappa shape index (κ2) is 12.2. The SMILES string of the molecule is O=S(=O)(c1ccc(F)c(C(F)(F)F)c1)N1CCC(Nc2nc(Nc3cccc(C(F)(F)F)c3)nc(OCC(F)(F)F)n2)CC1. The van der Waals surface area contributed by atoms with E-state index in [0.717, 1.165) is 16.4 Å². The lowest BCUT2D eigenvalue weighted by molar-refractivity contribution is -0.154. The van der Waals surface area contributed by atoms with Crippen LogP contribution in [0, 0.1) is 5.82 Å². The number of nitrogens with one attached hydrogen (secondary N) is 2. The molecule has 44 heavy (non-hydrogen) atoms. The molecule has 1 saturated heterocycles. The van der Waals surface area contributed by atoms with Crippen LogP contribution in [0.5, 0.6) is 6.01 Å². The van der Waals surface area contributed by atoms with Crippen LogP contribution in [-0.4, -0.2) is 59.6 Å². The molecule has 2 aromatic carbocycles. The van der Waals surface area contributed by atoms with Gasteiger partial charge in [0.05, 0.1) is 16.0 Å². The van der Waals surface area contributed by atoms with Crippen molar-refractivity contribution in [2.75, 3.05) is 30.3 Å². The minimum absolute atomic E-state index is 0.0212. The largest absolute Gasteiger partial charge is 0.454 e. The summed E-state index contributed by atoms with van der Waals surface area (Å²) in [5, 5.41) is 5.20. The van der Waals surface area contributed by atoms with Gasteiger partial charge in [0.2, 0.25) is 21.9 Å². The molecule has 20 heteroatoms. The smallest absolute Gasteiger partial charge is 0.422 e. The van der Waals surface area contributed by atoms with Crippen LogP contribution < -0.4 is 15.4 Å². The summed E-state index contributed by atoms with van der Waals surface area (Å²) >= 11 is 0. The zero-order chi connectivity index (χ0) is 32.5. The fourth-order valence-electron chi connectivity index (χ4n) is 4.04. The first-order chi connectivity index (χ1) is 20.3. The predicted molar refractivity (Wildman–Crippen MR) is 133 cm³/mol. The number of halogens is 10. The summed E-state index contributed by atoms with van der Waals surface area (Å²) in [5.74, 6) is -2.48. The second-order valence-corrected chi connectivity index (χ2v) is 11.3. The first-order valence-electron chi connectivity index (χ1n) is 12.3. The van der Waals surface area contributed by atoms with Crippen LogP contribution in [0.3, 0.4) is 0 Å². The van der Waals surface area contributed by atoms with E-state index in [-0.39, 0.29) is 43.6 Å². The summed E-state index contributed by atoms with van der Waals surface area (Å²) in [6.07, 6.45) is -14.6. The minimum Gasteiger partial charge on any atom is -0.454 e. The molecule has 4 rings (SSSR count). The fraction of sp³-hybridized carbons (Fsp3) is 0.375. The quantitative estimate of drug-likeness (QED) is 0.283. The van der Waals surface area contributed by atoms with E-state index >= 15 is 0 Å². The van der Waals surface area contributed by atoms with E-state index in [4.69, 9.17) is 0 Å². The van der Waals surface area contributed by atoms with Crippen LogP contribution in [0.25, 0.3) is 0 Å². The Morgan fingerprint density at radius 2 is 1.52 bits per heavy atom. The maximum Gasteiger partial charge on any atom is 0.422 e. The van der Waals surface area contributed by atoms with Crippen molar-refractivity contribution in [3.8, 4) is 6.01 Å². The van der Waals surface area contributed by atoms with Crippen molar-refractivity contribution in [2.24, 2.45) is 0 Å². The Balaban J connectivity index is 1.50. The van der Waals surface area contributed by atoms with E-state index < -0.39 is 75.0 Å². The van der Waals surface area contributed by atoms with Crippen molar-refractivity contribution >= 4 is 27.6 Å². The fourth-order valence-corrected chi connectivity index (χ4v) is 5.54. The van der Waals surface area contributed by atoms with E-state index in [1.807, 2.05) is 0 Å². The van der Waals surface area contributed by atoms with Gasteiger partial charge >= 0.3 is 24.5 Å². The average molecular weight is 663 g/mol. The van der Waals surface area contributed by atoms with Crippen molar-refractivity contribution < 1.29 is 57.1 Å². The predicted octanol–water partition coefficient (Wildman–Crippen LogP) is 6.00. The molecule has 1 aromatic heterocycles. The van der Waals surface area contributed by atoms with Gasteiger partial charge < -0.3 is 15.4 Å². The van der Waals surface area contributed by atoms with Crippen molar-refractivity contribution in [3.05, 3.63) is 59.4 Å². The summed E-state index contributed by atoms with van der Waals surface area (Å²) in [6, 6.07) is 3.66. The van der Waals surface area contributed by atoms with Gasteiger partial charge in [-0.05, 0) is 49.2 Å². The molecule has 0 bridgehead atoms. The Kier molecular flexibility index (Phi) is 9.15. The standard InChI is InChI=1S/C24H20F10N6O3S/c25-18-5-4-16(11-17(18)24(32,33)34)44(41,42)40-8-6-14(7-9-40)35-19-37-20(39-21(38-19)43-12-22(26,27)28)36-15-3-1-2-13(10-15)23(29,30)31/h1-5,10-11,14H,6-9,12H2,(H2,35,36,37,38,39). The van der Waals surface area contributed by atoms with E-state index in [2.05, 4.69) is 30.3 Å². The van der Waals surface area contributed by atoms with Gasteiger partial charge in [-0.3, -0.25) is 0 Å². The molecular formula is C24H20F10N6O3S. The molecule has 1 fully saturated rings. The topological polar surface area (TPSA) is 109 Å². The monoisotopic (exact) mass is 662 g/mol. The summed E-state index contributed by atoms with van der Waals surface area (Å²) in [4.78, 5) is 10.6. The van der Waals surface area contributed by atoms with Gasteiger partial charge in [-0.1, -0.05) is 6.07 Å². The lowest BCUT2D eigenvalue weighted by Crippen LogP contribution is -2.42. The van der Waals surface area contributed by atoms with Crippen molar-refractivity contribution in [2.45, 2.75) is 42.3 Å². The van der Waals surface area contributed by atoms with Crippen LogP contribution in [-0.2, 0) is 22.4 Å². The number of rotatable bonds is 8. The highest BCUT2D eigenvalue weighted by Gasteiger charge is 2.37. The number of aromatic nitrogens is 3. The molecule has 2 N–H and O–H groups in total. The number of benzene rings is 2. The Hall–Kier alpha value is -3.94. The zero-order valence-corrected chi connectivity index (χ0v) is 22.7. The highest BCUT2D eigenvalue weighted by atomic mass is 32.2. The lowest BCUT2D eigenvalue weighted by Gasteiger charge is -2.31. The third kappa shape index (κ3) is 8.36. The summed E-state index contributed by atoms with van der Waals surface area (Å²) in [6.45, 7) is -2.25. The van der Waals surface area contributed by atoms with E-state index in [9.17, 15) is 52.3 Å². The molecular weight excluding hydrogens is 642 g/mol. The third-order valence-corrected chi connectivity index (χ3v) is 7.99. The summed E-state index contributed by atoms with van der Waals surface area (Å²) < 4.78 is 162. The van der Waals surface area contributed by atoms with Gasteiger partial charge in [-0.2, -0.15) is 58.8 Å². The summed E-state index contributed by atoms with van der Waals surface area (Å²) in [7, 11) is -4.46. The van der Waals surface area contributed by atoms with Crippen molar-refractivity contribution in [1.82, 2.24) is 19.3 Å². The first kappa shape index (κ1) is 33.0. The molecule has 9 nitrogen and oxygen atoms in total. The second-order valence-electron chi connectivity index (χ2n) is 9.33. The van der Waals surface area contributed by atoms with Gasteiger partial charge in [0.1, 0.15) is 5.82 Å². The number of anilines is 3. The minimum atomic E-state index is -5.13. The number of alkyl halides is 9. The van der Waals surface area contributed by atoms with Gasteiger partial charge in [-0.15, -0.1) is 0 Å². The van der Waals surface area contributed by atoms with E-state index in [1.165, 1.54) is 6.07 Å². The Bertz CT molecular complexity index is 1590. The molecule has 240 valence electrons. The lowest BCUT2D eigenvalue weighted by atomic mass is 10.1. The summed E-state index contributed by atoms with van der Waals surface area (Å²) in [5.41, 5.74) is -2.93. The molecule has 1 aliphatic heterocycles.